The maximum atomic E-state index is 15.2. The molecule has 0 saturated heterocycles. The standard InChI is InChI=1S/C20H15F5N6O/c21-11-1-2-14(27-7-11)17-16(12-4-6-26-18-13(12)8-28-29-18)15-3-5-19(22,9-31(15)30-17)10-32-20(23,24)25/h1-2,4,6-8H,3,5,9-10H2,(H,26,28,29)/t19-/m0/s1. The Kier molecular flexibility index (Phi) is 4.69. The molecule has 0 radical (unpaired) electrons. The number of hydrogen-bond acceptors (Lipinski definition) is 5. The third-order valence-corrected chi connectivity index (χ3v) is 5.39. The Bertz CT molecular complexity index is 1280. The highest BCUT2D eigenvalue weighted by molar-refractivity contribution is 5.97. The predicted molar refractivity (Wildman–Crippen MR) is 102 cm³/mol. The summed E-state index contributed by atoms with van der Waals surface area (Å²) in [5.41, 5.74) is 0.917. The maximum absolute atomic E-state index is 15.2. The highest BCUT2D eigenvalue weighted by Crippen LogP contribution is 2.41. The summed E-state index contributed by atoms with van der Waals surface area (Å²) in [7, 11) is 0. The first-order chi connectivity index (χ1) is 15.2. The van der Waals surface area contributed by atoms with Gasteiger partial charge in [-0.25, -0.2) is 13.8 Å². The number of halogens is 5. The molecule has 0 aromatic carbocycles. The number of H-pyrrole nitrogens is 1. The lowest BCUT2D eigenvalue weighted by atomic mass is 9.91. The van der Waals surface area contributed by atoms with E-state index < -0.39 is 31.0 Å². The lowest BCUT2D eigenvalue weighted by molar-refractivity contribution is -0.335. The van der Waals surface area contributed by atoms with Gasteiger partial charge in [-0.05, 0) is 36.6 Å². The molecule has 1 aliphatic rings. The van der Waals surface area contributed by atoms with Gasteiger partial charge in [-0.15, -0.1) is 13.2 Å². The minimum atomic E-state index is -4.93. The number of pyridine rings is 2. The molecule has 32 heavy (non-hydrogen) atoms. The molecule has 0 amide bonds. The van der Waals surface area contributed by atoms with E-state index in [4.69, 9.17) is 0 Å². The molecule has 5 heterocycles. The van der Waals surface area contributed by atoms with Crippen LogP contribution in [-0.2, 0) is 17.7 Å². The molecule has 0 bridgehead atoms. The molecule has 0 spiro atoms. The summed E-state index contributed by atoms with van der Waals surface area (Å²) in [6.45, 7) is -1.55. The largest absolute Gasteiger partial charge is 0.522 e. The Balaban J connectivity index is 1.64. The SMILES string of the molecule is Fc1ccc(-c2nn3c(c2-c2ccnc4[nH]ncc24)CC[C@@](F)(COC(F)(F)F)C3)nc1. The van der Waals surface area contributed by atoms with Crippen LogP contribution in [0.5, 0.6) is 0 Å². The van der Waals surface area contributed by atoms with E-state index in [9.17, 15) is 17.6 Å². The molecule has 0 aliphatic carbocycles. The Labute approximate surface area is 177 Å². The van der Waals surface area contributed by atoms with Gasteiger partial charge in [-0.3, -0.25) is 19.5 Å². The molecule has 1 N–H and O–H groups in total. The van der Waals surface area contributed by atoms with E-state index in [0.29, 0.717) is 39.2 Å². The van der Waals surface area contributed by atoms with Gasteiger partial charge in [0, 0.05) is 22.8 Å². The lowest BCUT2D eigenvalue weighted by Crippen LogP contribution is -2.41. The van der Waals surface area contributed by atoms with Gasteiger partial charge >= 0.3 is 6.36 Å². The third kappa shape index (κ3) is 3.70. The summed E-state index contributed by atoms with van der Waals surface area (Å²) in [6.07, 6.45) is -0.805. The quantitative estimate of drug-likeness (QED) is 0.471. The van der Waals surface area contributed by atoms with E-state index in [1.165, 1.54) is 16.8 Å². The van der Waals surface area contributed by atoms with Gasteiger partial charge in [-0.1, -0.05) is 0 Å². The Morgan fingerprint density at radius 3 is 2.75 bits per heavy atom. The van der Waals surface area contributed by atoms with Gasteiger partial charge in [0.1, 0.15) is 11.5 Å². The second-order valence-electron chi connectivity index (χ2n) is 7.57. The molecule has 0 unspecified atom stereocenters. The first-order valence-corrected chi connectivity index (χ1v) is 9.62. The van der Waals surface area contributed by atoms with E-state index >= 15 is 4.39 Å². The van der Waals surface area contributed by atoms with Crippen LogP contribution in [-0.4, -0.2) is 48.6 Å². The zero-order valence-corrected chi connectivity index (χ0v) is 16.3. The summed E-state index contributed by atoms with van der Waals surface area (Å²) in [5, 5.41) is 11.9. The van der Waals surface area contributed by atoms with Crippen molar-refractivity contribution in [3.05, 3.63) is 48.3 Å². The van der Waals surface area contributed by atoms with Crippen LogP contribution < -0.4 is 0 Å². The molecule has 5 rings (SSSR count). The van der Waals surface area contributed by atoms with Crippen molar-refractivity contribution in [2.24, 2.45) is 0 Å². The molecule has 4 aromatic rings. The number of nitrogens with zero attached hydrogens (tertiary/aromatic N) is 5. The van der Waals surface area contributed by atoms with Gasteiger partial charge in [-0.2, -0.15) is 10.2 Å². The van der Waals surface area contributed by atoms with Crippen molar-refractivity contribution in [2.45, 2.75) is 31.4 Å². The molecule has 7 nitrogen and oxygen atoms in total. The maximum Gasteiger partial charge on any atom is 0.522 e. The molecule has 166 valence electrons. The lowest BCUT2D eigenvalue weighted by Gasteiger charge is -2.30. The average molecular weight is 450 g/mol. The Morgan fingerprint density at radius 1 is 1.16 bits per heavy atom. The number of hydrogen-bond donors (Lipinski definition) is 1. The number of fused-ring (bicyclic) bond motifs is 2. The smallest absolute Gasteiger partial charge is 0.288 e. The van der Waals surface area contributed by atoms with Crippen LogP contribution >= 0.6 is 0 Å². The molecular formula is C20H15F5N6O. The Morgan fingerprint density at radius 2 is 2.00 bits per heavy atom. The van der Waals surface area contributed by atoms with Crippen LogP contribution in [0.15, 0.2) is 36.8 Å². The van der Waals surface area contributed by atoms with Gasteiger partial charge in [0.15, 0.2) is 11.3 Å². The number of alkyl halides is 4. The summed E-state index contributed by atoms with van der Waals surface area (Å²) < 4.78 is 71.2. The van der Waals surface area contributed by atoms with Crippen molar-refractivity contribution in [2.75, 3.05) is 6.61 Å². The van der Waals surface area contributed by atoms with Crippen LogP contribution in [0.1, 0.15) is 12.1 Å². The number of aromatic amines is 1. The van der Waals surface area contributed by atoms with Crippen molar-refractivity contribution < 1.29 is 26.7 Å². The van der Waals surface area contributed by atoms with E-state index in [1.54, 1.807) is 18.5 Å². The number of ether oxygens (including phenoxy) is 1. The predicted octanol–water partition coefficient (Wildman–Crippen LogP) is 4.21. The first kappa shape index (κ1) is 20.5. The van der Waals surface area contributed by atoms with Crippen LogP contribution in [0.4, 0.5) is 22.0 Å². The molecular weight excluding hydrogens is 435 g/mol. The molecule has 0 fully saturated rings. The second kappa shape index (κ2) is 7.33. The van der Waals surface area contributed by atoms with E-state index in [2.05, 4.69) is 30.0 Å². The van der Waals surface area contributed by atoms with Crippen LogP contribution in [0.2, 0.25) is 0 Å². The number of nitrogens with one attached hydrogen (secondary N) is 1. The number of aromatic nitrogens is 6. The highest BCUT2D eigenvalue weighted by Gasteiger charge is 2.42. The van der Waals surface area contributed by atoms with Crippen molar-refractivity contribution in [1.29, 1.82) is 0 Å². The summed E-state index contributed by atoms with van der Waals surface area (Å²) >= 11 is 0. The minimum Gasteiger partial charge on any atom is -0.288 e. The van der Waals surface area contributed by atoms with Crippen LogP contribution in [0, 0.1) is 5.82 Å². The summed E-state index contributed by atoms with van der Waals surface area (Å²) in [5.74, 6) is -0.535. The third-order valence-electron chi connectivity index (χ3n) is 5.39. The monoisotopic (exact) mass is 450 g/mol. The van der Waals surface area contributed by atoms with Gasteiger partial charge in [0.05, 0.1) is 31.2 Å². The summed E-state index contributed by atoms with van der Waals surface area (Å²) in [4.78, 5) is 8.31. The topological polar surface area (TPSA) is 81.5 Å². The van der Waals surface area contributed by atoms with E-state index in [1.807, 2.05) is 0 Å². The van der Waals surface area contributed by atoms with Crippen molar-refractivity contribution in [3.8, 4) is 22.5 Å². The van der Waals surface area contributed by atoms with E-state index in [-0.39, 0.29) is 12.8 Å². The van der Waals surface area contributed by atoms with Gasteiger partial charge in [0.2, 0.25) is 0 Å². The zero-order chi connectivity index (χ0) is 22.5. The molecule has 12 heteroatoms. The molecule has 1 aliphatic heterocycles. The van der Waals surface area contributed by atoms with E-state index in [0.717, 1.165) is 6.20 Å². The minimum absolute atomic E-state index is 0.114. The molecule has 0 saturated carbocycles. The highest BCUT2D eigenvalue weighted by atomic mass is 19.4. The van der Waals surface area contributed by atoms with Crippen molar-refractivity contribution in [1.82, 2.24) is 29.9 Å². The summed E-state index contributed by atoms with van der Waals surface area (Å²) in [6, 6.07) is 4.41. The molecule has 1 atom stereocenters. The fourth-order valence-corrected chi connectivity index (χ4v) is 3.95. The Hall–Kier alpha value is -3.41. The van der Waals surface area contributed by atoms with Gasteiger partial charge in [0.25, 0.3) is 0 Å². The van der Waals surface area contributed by atoms with Gasteiger partial charge < -0.3 is 0 Å². The fourth-order valence-electron chi connectivity index (χ4n) is 3.95. The van der Waals surface area contributed by atoms with Crippen LogP contribution in [0.25, 0.3) is 33.5 Å². The van der Waals surface area contributed by atoms with Crippen molar-refractivity contribution >= 4 is 11.0 Å². The first-order valence-electron chi connectivity index (χ1n) is 9.62. The second-order valence-corrected chi connectivity index (χ2v) is 7.57. The number of rotatable bonds is 4. The zero-order valence-electron chi connectivity index (χ0n) is 16.3. The normalized spacial score (nSPS) is 18.8. The van der Waals surface area contributed by atoms with Crippen molar-refractivity contribution in [3.63, 3.8) is 0 Å². The molecule has 4 aromatic heterocycles. The average Bonchev–Trinajstić information content (AvgIpc) is 3.36. The van der Waals surface area contributed by atoms with Crippen LogP contribution in [0.3, 0.4) is 0 Å². The fraction of sp³-hybridized carbons (Fsp3) is 0.300.